The zero-order valence-corrected chi connectivity index (χ0v) is 24.7. The number of nitrogens with two attached hydrogens (primary N) is 1. The van der Waals surface area contributed by atoms with E-state index in [4.69, 9.17) is 21.0 Å². The highest BCUT2D eigenvalue weighted by Crippen LogP contribution is 2.31. The summed E-state index contributed by atoms with van der Waals surface area (Å²) in [5.41, 5.74) is 12.3. The van der Waals surface area contributed by atoms with Crippen molar-refractivity contribution in [3.63, 3.8) is 0 Å². The average Bonchev–Trinajstić information content (AvgIpc) is 3.44. The normalized spacial score (nSPS) is 14.7. The lowest BCUT2D eigenvalue weighted by Gasteiger charge is -2.32. The Balaban J connectivity index is 1.24. The van der Waals surface area contributed by atoms with Gasteiger partial charge >= 0.3 is 0 Å². The van der Waals surface area contributed by atoms with Crippen LogP contribution in [-0.4, -0.2) is 66.3 Å². The van der Waals surface area contributed by atoms with Crippen LogP contribution in [0.1, 0.15) is 36.8 Å². The Morgan fingerprint density at radius 1 is 1.05 bits per heavy atom. The van der Waals surface area contributed by atoms with E-state index in [1.165, 1.54) is 5.56 Å². The average molecular weight is 584 g/mol. The third kappa shape index (κ3) is 6.02. The molecule has 1 aliphatic heterocycles. The van der Waals surface area contributed by atoms with Gasteiger partial charge in [-0.1, -0.05) is 18.2 Å². The van der Waals surface area contributed by atoms with E-state index >= 15 is 0 Å². The molecule has 44 heavy (non-hydrogen) atoms. The number of likely N-dealkylation sites (tertiary alicyclic amines) is 1. The van der Waals surface area contributed by atoms with Gasteiger partial charge in [0.2, 0.25) is 5.82 Å². The molecule has 220 valence electrons. The first kappa shape index (κ1) is 28.6. The van der Waals surface area contributed by atoms with Crippen molar-refractivity contribution in [3.8, 4) is 23.1 Å². The molecule has 11 nitrogen and oxygen atoms in total. The minimum atomic E-state index is 0.181. The summed E-state index contributed by atoms with van der Waals surface area (Å²) in [5, 5.41) is 12.5. The van der Waals surface area contributed by atoms with Crippen molar-refractivity contribution >= 4 is 28.5 Å². The first-order valence-corrected chi connectivity index (χ1v) is 14.6. The SMILES string of the molecule is C/C=C\C(=NC)c1ccc2nc(-c3cccnc3N)n(-c3ccc(CN4CCC(Nc5ccnc(C#N)n5)CC4)cc3)c2n1. The van der Waals surface area contributed by atoms with Crippen molar-refractivity contribution in [2.45, 2.75) is 32.4 Å². The summed E-state index contributed by atoms with van der Waals surface area (Å²) in [6.07, 6.45) is 9.18. The quantitative estimate of drug-likeness (QED) is 0.246. The second-order valence-electron chi connectivity index (χ2n) is 10.6. The van der Waals surface area contributed by atoms with Crippen LogP contribution in [-0.2, 0) is 6.54 Å². The monoisotopic (exact) mass is 583 g/mol. The predicted octanol–water partition coefficient (Wildman–Crippen LogP) is 4.80. The smallest absolute Gasteiger partial charge is 0.234 e. The lowest BCUT2D eigenvalue weighted by Crippen LogP contribution is -2.38. The number of hydrogen-bond donors (Lipinski definition) is 2. The van der Waals surface area contributed by atoms with E-state index in [-0.39, 0.29) is 5.82 Å². The lowest BCUT2D eigenvalue weighted by molar-refractivity contribution is 0.211. The molecule has 11 heteroatoms. The fourth-order valence-electron chi connectivity index (χ4n) is 5.51. The van der Waals surface area contributed by atoms with Gasteiger partial charge in [0.05, 0.1) is 17.0 Å². The maximum atomic E-state index is 9.06. The van der Waals surface area contributed by atoms with Gasteiger partial charge in [0.1, 0.15) is 23.2 Å². The summed E-state index contributed by atoms with van der Waals surface area (Å²) >= 11 is 0. The Kier molecular flexibility index (Phi) is 8.34. The van der Waals surface area contributed by atoms with E-state index in [9.17, 15) is 0 Å². The molecule has 6 rings (SSSR count). The van der Waals surface area contributed by atoms with Crippen molar-refractivity contribution < 1.29 is 0 Å². The van der Waals surface area contributed by atoms with Crippen molar-refractivity contribution in [1.29, 1.82) is 5.26 Å². The fourth-order valence-corrected chi connectivity index (χ4v) is 5.51. The minimum Gasteiger partial charge on any atom is -0.383 e. The standard InChI is InChI=1S/C33H33N11/c1-3-5-26(36-2)27-11-12-28-33(40-27)44(32(41-28)25-6-4-16-38-31(25)35)24-9-7-22(8-10-24)21-43-18-14-23(15-19-43)39-29-13-17-37-30(20-34)42-29/h3-13,16-17,23H,14-15,18-19,21H2,1-2H3,(H2,35,38)(H,37,39,42)/b5-3-,36-26?. The first-order valence-electron chi connectivity index (χ1n) is 14.6. The summed E-state index contributed by atoms with van der Waals surface area (Å²) in [7, 11) is 1.77. The molecule has 0 amide bonds. The number of nitrogen functional groups attached to an aromatic ring is 1. The number of piperidine rings is 1. The van der Waals surface area contributed by atoms with Crippen molar-refractivity contribution in [1.82, 2.24) is 34.4 Å². The van der Waals surface area contributed by atoms with Crippen LogP contribution in [0.3, 0.4) is 0 Å². The highest BCUT2D eigenvalue weighted by atomic mass is 15.2. The largest absolute Gasteiger partial charge is 0.383 e. The minimum absolute atomic E-state index is 0.181. The number of aromatic nitrogens is 6. The Bertz CT molecular complexity index is 1870. The van der Waals surface area contributed by atoms with E-state index in [0.29, 0.717) is 23.5 Å². The first-order chi connectivity index (χ1) is 21.6. The summed E-state index contributed by atoms with van der Waals surface area (Å²) in [6.45, 7) is 4.75. The van der Waals surface area contributed by atoms with Gasteiger partial charge in [-0.25, -0.2) is 24.9 Å². The Morgan fingerprint density at radius 3 is 2.59 bits per heavy atom. The van der Waals surface area contributed by atoms with E-state index in [0.717, 1.165) is 66.3 Å². The van der Waals surface area contributed by atoms with Crippen LogP contribution in [0.5, 0.6) is 0 Å². The van der Waals surface area contributed by atoms with Gasteiger partial charge in [0, 0.05) is 50.8 Å². The maximum Gasteiger partial charge on any atom is 0.234 e. The number of benzene rings is 1. The number of hydrogen-bond acceptors (Lipinski definition) is 10. The van der Waals surface area contributed by atoms with Gasteiger partial charge in [0.25, 0.3) is 0 Å². The second kappa shape index (κ2) is 12.8. The molecule has 1 saturated heterocycles. The summed E-state index contributed by atoms with van der Waals surface area (Å²) in [4.78, 5) is 29.3. The molecular weight excluding hydrogens is 550 g/mol. The number of pyridine rings is 2. The molecule has 0 aliphatic carbocycles. The van der Waals surface area contributed by atoms with E-state index in [2.05, 4.69) is 54.4 Å². The molecule has 1 aliphatic rings. The number of aliphatic imine (C=N–C) groups is 1. The van der Waals surface area contributed by atoms with Gasteiger partial charge < -0.3 is 11.1 Å². The number of nitrogens with one attached hydrogen (secondary N) is 1. The number of anilines is 2. The molecular formula is C33H33N11. The van der Waals surface area contributed by atoms with Gasteiger partial charge in [-0.15, -0.1) is 0 Å². The third-order valence-electron chi connectivity index (χ3n) is 7.71. The molecule has 0 radical (unpaired) electrons. The summed E-state index contributed by atoms with van der Waals surface area (Å²) in [5.74, 6) is 1.98. The topological polar surface area (TPSA) is 147 Å². The van der Waals surface area contributed by atoms with E-state index < -0.39 is 0 Å². The summed E-state index contributed by atoms with van der Waals surface area (Å²) in [6, 6.07) is 20.4. The number of allylic oxidation sites excluding steroid dienone is 2. The van der Waals surface area contributed by atoms with Crippen LogP contribution in [0.4, 0.5) is 11.6 Å². The second-order valence-corrected chi connectivity index (χ2v) is 10.6. The number of nitriles is 1. The van der Waals surface area contributed by atoms with E-state index in [1.807, 2.05) is 54.0 Å². The van der Waals surface area contributed by atoms with Crippen LogP contribution in [0.2, 0.25) is 0 Å². The van der Waals surface area contributed by atoms with Crippen LogP contribution >= 0.6 is 0 Å². The van der Waals surface area contributed by atoms with Crippen molar-refractivity contribution in [2.24, 2.45) is 4.99 Å². The van der Waals surface area contributed by atoms with Crippen LogP contribution in [0.15, 0.2) is 84.1 Å². The number of fused-ring (bicyclic) bond motifs is 1. The van der Waals surface area contributed by atoms with Gasteiger partial charge in [-0.2, -0.15) is 5.26 Å². The summed E-state index contributed by atoms with van der Waals surface area (Å²) < 4.78 is 2.04. The third-order valence-corrected chi connectivity index (χ3v) is 7.71. The molecule has 1 aromatic carbocycles. The van der Waals surface area contributed by atoms with Crippen molar-refractivity contribution in [3.05, 3.63) is 96.2 Å². The Hall–Kier alpha value is -5.47. The Morgan fingerprint density at radius 2 is 1.86 bits per heavy atom. The highest BCUT2D eigenvalue weighted by molar-refractivity contribution is 6.08. The molecule has 4 aromatic heterocycles. The van der Waals surface area contributed by atoms with Crippen LogP contribution < -0.4 is 11.1 Å². The zero-order valence-electron chi connectivity index (χ0n) is 24.7. The predicted molar refractivity (Wildman–Crippen MR) is 172 cm³/mol. The van der Waals surface area contributed by atoms with Crippen LogP contribution in [0, 0.1) is 11.3 Å². The molecule has 0 saturated carbocycles. The number of imidazole rings is 1. The molecule has 0 unspecified atom stereocenters. The molecule has 5 heterocycles. The van der Waals surface area contributed by atoms with Gasteiger partial charge in [-0.3, -0.25) is 14.5 Å². The fraction of sp³-hybridized carbons (Fsp3) is 0.242. The Labute approximate surface area is 255 Å². The number of nitrogens with zero attached hydrogens (tertiary/aromatic N) is 9. The molecule has 0 bridgehead atoms. The van der Waals surface area contributed by atoms with Gasteiger partial charge in [0.15, 0.2) is 11.5 Å². The van der Waals surface area contributed by atoms with Crippen molar-refractivity contribution in [2.75, 3.05) is 31.2 Å². The molecule has 5 aromatic rings. The zero-order chi connectivity index (χ0) is 30.5. The molecule has 0 atom stereocenters. The van der Waals surface area contributed by atoms with Gasteiger partial charge in [-0.05, 0) is 73.9 Å². The maximum absolute atomic E-state index is 9.06. The molecule has 3 N–H and O–H groups in total. The molecule has 1 fully saturated rings. The lowest BCUT2D eigenvalue weighted by atomic mass is 10.0. The molecule has 0 spiro atoms. The van der Waals surface area contributed by atoms with Crippen LogP contribution in [0.25, 0.3) is 28.2 Å². The highest BCUT2D eigenvalue weighted by Gasteiger charge is 2.21. The van der Waals surface area contributed by atoms with E-state index in [1.54, 1.807) is 25.5 Å². The number of rotatable bonds is 8.